The zero-order chi connectivity index (χ0) is 21.8. The van der Waals surface area contributed by atoms with Gasteiger partial charge in [0.15, 0.2) is 6.10 Å². The SMILES string of the molecule is Cc1ccc(NC(=O)CN(C)C(=O)[C@H](C)OC(=O)c2cn(C)c3ccccc23)cc1. The highest BCUT2D eigenvalue weighted by molar-refractivity contribution is 6.05. The molecule has 0 aliphatic carbocycles. The van der Waals surface area contributed by atoms with Crippen LogP contribution in [0.15, 0.2) is 54.7 Å². The predicted octanol–water partition coefficient (Wildman–Crippen LogP) is 3.13. The van der Waals surface area contributed by atoms with Crippen LogP contribution in [-0.4, -0.2) is 46.9 Å². The van der Waals surface area contributed by atoms with Crippen molar-refractivity contribution in [1.29, 1.82) is 0 Å². The molecule has 0 saturated carbocycles. The molecule has 0 radical (unpaired) electrons. The van der Waals surface area contributed by atoms with Crippen molar-refractivity contribution in [2.45, 2.75) is 20.0 Å². The van der Waals surface area contributed by atoms with Crippen LogP contribution < -0.4 is 5.32 Å². The van der Waals surface area contributed by atoms with Gasteiger partial charge in [0, 0.05) is 36.9 Å². The highest BCUT2D eigenvalue weighted by Crippen LogP contribution is 2.21. The van der Waals surface area contributed by atoms with E-state index in [-0.39, 0.29) is 12.5 Å². The third kappa shape index (κ3) is 4.68. The lowest BCUT2D eigenvalue weighted by atomic mass is 10.2. The molecule has 0 bridgehead atoms. The van der Waals surface area contributed by atoms with Crippen LogP contribution in [0.1, 0.15) is 22.8 Å². The lowest BCUT2D eigenvalue weighted by Crippen LogP contribution is -2.41. The van der Waals surface area contributed by atoms with Crippen molar-refractivity contribution in [3.8, 4) is 0 Å². The number of benzene rings is 2. The number of likely N-dealkylation sites (N-methyl/N-ethyl adjacent to an activating group) is 1. The number of aromatic nitrogens is 1. The van der Waals surface area contributed by atoms with Crippen molar-refractivity contribution >= 4 is 34.4 Å². The van der Waals surface area contributed by atoms with Gasteiger partial charge < -0.3 is 19.5 Å². The Morgan fingerprint density at radius 1 is 1.10 bits per heavy atom. The number of ether oxygens (including phenoxy) is 1. The van der Waals surface area contributed by atoms with Gasteiger partial charge in [-0.3, -0.25) is 9.59 Å². The van der Waals surface area contributed by atoms with Crippen molar-refractivity contribution in [3.63, 3.8) is 0 Å². The summed E-state index contributed by atoms with van der Waals surface area (Å²) in [6.45, 7) is 3.31. The van der Waals surface area contributed by atoms with Crippen LogP contribution in [0.4, 0.5) is 5.69 Å². The van der Waals surface area contributed by atoms with Gasteiger partial charge in [0.05, 0.1) is 12.1 Å². The van der Waals surface area contributed by atoms with E-state index in [1.807, 2.05) is 54.9 Å². The second kappa shape index (κ2) is 8.82. The number of amides is 2. The highest BCUT2D eigenvalue weighted by Gasteiger charge is 2.25. The summed E-state index contributed by atoms with van der Waals surface area (Å²) in [6, 6.07) is 14.8. The number of hydrogen-bond acceptors (Lipinski definition) is 4. The van der Waals surface area contributed by atoms with Crippen molar-refractivity contribution in [1.82, 2.24) is 9.47 Å². The van der Waals surface area contributed by atoms with E-state index in [4.69, 9.17) is 4.74 Å². The van der Waals surface area contributed by atoms with Crippen LogP contribution >= 0.6 is 0 Å². The third-order valence-electron chi connectivity index (χ3n) is 4.84. The Kier molecular flexibility index (Phi) is 6.20. The Morgan fingerprint density at radius 2 is 1.77 bits per heavy atom. The lowest BCUT2D eigenvalue weighted by molar-refractivity contribution is -0.140. The number of fused-ring (bicyclic) bond motifs is 1. The minimum atomic E-state index is -1.02. The van der Waals surface area contributed by atoms with E-state index in [1.165, 1.54) is 18.9 Å². The Bertz CT molecular complexity index is 1090. The minimum absolute atomic E-state index is 0.150. The summed E-state index contributed by atoms with van der Waals surface area (Å²) in [5.74, 6) is -1.37. The number of aryl methyl sites for hydroxylation is 2. The van der Waals surface area contributed by atoms with E-state index in [0.717, 1.165) is 16.5 Å². The molecule has 0 aliphatic heterocycles. The van der Waals surface area contributed by atoms with Gasteiger partial charge in [-0.05, 0) is 32.0 Å². The minimum Gasteiger partial charge on any atom is -0.449 e. The maximum absolute atomic E-state index is 12.6. The van der Waals surface area contributed by atoms with Crippen molar-refractivity contribution in [2.24, 2.45) is 7.05 Å². The smallest absolute Gasteiger partial charge is 0.341 e. The fourth-order valence-electron chi connectivity index (χ4n) is 3.22. The summed E-state index contributed by atoms with van der Waals surface area (Å²) in [5.41, 5.74) is 3.03. The number of hydrogen-bond donors (Lipinski definition) is 1. The van der Waals surface area contributed by atoms with Crippen LogP contribution in [0.2, 0.25) is 0 Å². The molecule has 0 saturated heterocycles. The molecule has 1 N–H and O–H groups in total. The van der Waals surface area contributed by atoms with Gasteiger partial charge in [-0.1, -0.05) is 35.9 Å². The summed E-state index contributed by atoms with van der Waals surface area (Å²) in [6.07, 6.45) is 0.664. The van der Waals surface area contributed by atoms with Gasteiger partial charge >= 0.3 is 5.97 Å². The average Bonchev–Trinajstić information content (AvgIpc) is 3.06. The second-order valence-electron chi connectivity index (χ2n) is 7.33. The Balaban J connectivity index is 1.59. The summed E-state index contributed by atoms with van der Waals surface area (Å²) in [5, 5.41) is 3.50. The lowest BCUT2D eigenvalue weighted by Gasteiger charge is -2.21. The fraction of sp³-hybridized carbons (Fsp3) is 0.261. The molecule has 2 aromatic carbocycles. The molecule has 30 heavy (non-hydrogen) atoms. The first-order valence-electron chi connectivity index (χ1n) is 9.63. The maximum atomic E-state index is 12.6. The van der Waals surface area contributed by atoms with Crippen LogP contribution in [0.5, 0.6) is 0 Å². The van der Waals surface area contributed by atoms with E-state index in [2.05, 4.69) is 5.32 Å². The molecule has 0 spiro atoms. The number of nitrogens with zero attached hydrogens (tertiary/aromatic N) is 2. The van der Waals surface area contributed by atoms with Gasteiger partial charge in [-0.2, -0.15) is 0 Å². The molecule has 2 amide bonds. The number of para-hydroxylation sites is 1. The zero-order valence-corrected chi connectivity index (χ0v) is 17.5. The topological polar surface area (TPSA) is 80.6 Å². The van der Waals surface area contributed by atoms with E-state index in [9.17, 15) is 14.4 Å². The number of nitrogens with one attached hydrogen (secondary N) is 1. The molecule has 7 heteroatoms. The molecule has 0 unspecified atom stereocenters. The van der Waals surface area contributed by atoms with E-state index in [1.54, 1.807) is 18.3 Å². The number of esters is 1. The van der Waals surface area contributed by atoms with Crippen molar-refractivity contribution < 1.29 is 19.1 Å². The molecule has 0 fully saturated rings. The summed E-state index contributed by atoms with van der Waals surface area (Å²) >= 11 is 0. The van der Waals surface area contributed by atoms with Crippen molar-refractivity contribution in [2.75, 3.05) is 18.9 Å². The fourth-order valence-corrected chi connectivity index (χ4v) is 3.22. The van der Waals surface area contributed by atoms with Gasteiger partial charge in [-0.15, -0.1) is 0 Å². The van der Waals surface area contributed by atoms with Crippen LogP contribution in [0.3, 0.4) is 0 Å². The molecule has 1 heterocycles. The number of rotatable bonds is 6. The molecule has 1 aromatic heterocycles. The summed E-state index contributed by atoms with van der Waals surface area (Å²) < 4.78 is 7.21. The number of carbonyl (C=O) groups excluding carboxylic acids is 3. The number of anilines is 1. The predicted molar refractivity (Wildman–Crippen MR) is 115 cm³/mol. The largest absolute Gasteiger partial charge is 0.449 e. The van der Waals surface area contributed by atoms with Gasteiger partial charge in [0.2, 0.25) is 5.91 Å². The van der Waals surface area contributed by atoms with Crippen LogP contribution in [-0.2, 0) is 21.4 Å². The summed E-state index contributed by atoms with van der Waals surface area (Å²) in [7, 11) is 3.34. The molecular formula is C23H25N3O4. The third-order valence-corrected chi connectivity index (χ3v) is 4.84. The Morgan fingerprint density at radius 3 is 2.47 bits per heavy atom. The van der Waals surface area contributed by atoms with Gasteiger partial charge in [0.1, 0.15) is 0 Å². The average molecular weight is 407 g/mol. The molecule has 0 aliphatic rings. The first-order valence-corrected chi connectivity index (χ1v) is 9.63. The molecule has 7 nitrogen and oxygen atoms in total. The number of carbonyl (C=O) groups is 3. The highest BCUT2D eigenvalue weighted by atomic mass is 16.5. The second-order valence-corrected chi connectivity index (χ2v) is 7.33. The maximum Gasteiger partial charge on any atom is 0.341 e. The van der Waals surface area contributed by atoms with Crippen molar-refractivity contribution in [3.05, 3.63) is 65.9 Å². The molecular weight excluding hydrogens is 382 g/mol. The quantitative estimate of drug-likeness (QED) is 0.637. The van der Waals surface area contributed by atoms with E-state index in [0.29, 0.717) is 11.3 Å². The van der Waals surface area contributed by atoms with Crippen LogP contribution in [0.25, 0.3) is 10.9 Å². The molecule has 3 rings (SSSR count). The van der Waals surface area contributed by atoms with Gasteiger partial charge in [0.25, 0.3) is 5.91 Å². The molecule has 1 atom stereocenters. The van der Waals surface area contributed by atoms with Gasteiger partial charge in [-0.25, -0.2) is 4.79 Å². The Hall–Kier alpha value is -3.61. The normalized spacial score (nSPS) is 11.7. The first-order chi connectivity index (χ1) is 14.3. The first kappa shape index (κ1) is 21.1. The zero-order valence-electron chi connectivity index (χ0n) is 17.5. The van der Waals surface area contributed by atoms with Crippen LogP contribution in [0, 0.1) is 6.92 Å². The standard InChI is InChI=1S/C23H25N3O4/c1-15-9-11-17(12-10-15)24-21(27)14-26(4)22(28)16(2)30-23(29)19-13-25(3)20-8-6-5-7-18(19)20/h5-13,16H,14H2,1-4H3,(H,24,27)/t16-/m0/s1. The molecule has 3 aromatic rings. The Labute approximate surface area is 175 Å². The van der Waals surface area contributed by atoms with E-state index < -0.39 is 18.0 Å². The molecule has 156 valence electrons. The van der Waals surface area contributed by atoms with E-state index >= 15 is 0 Å². The monoisotopic (exact) mass is 407 g/mol. The summed E-state index contributed by atoms with van der Waals surface area (Å²) in [4.78, 5) is 38.6.